The minimum atomic E-state index is -1.28. The van der Waals surface area contributed by atoms with Crippen molar-refractivity contribution in [1.29, 1.82) is 0 Å². The normalized spacial score (nSPS) is 18.4. The molecular formula is C14H20LiSi+. The molecule has 2 heteroatoms. The first kappa shape index (κ1) is 13.8. The average Bonchev–Trinajstić information content (AvgIpc) is 2.92. The van der Waals surface area contributed by atoms with Crippen LogP contribution in [0.5, 0.6) is 0 Å². The Morgan fingerprint density at radius 2 is 1.38 bits per heavy atom. The van der Waals surface area contributed by atoms with Crippen LogP contribution in [0.4, 0.5) is 0 Å². The number of hydrogen-bond acceptors (Lipinski definition) is 0. The maximum Gasteiger partial charge on any atom is 1.00 e. The SMILES string of the molecule is CC[Si](CC)(C1=CC=CC1)C1=CC=CC1.[Li+]. The molecule has 0 saturated heterocycles. The van der Waals surface area contributed by atoms with Crippen LogP contribution >= 0.6 is 0 Å². The first-order valence-electron chi connectivity index (χ1n) is 6.06. The molecular weight excluding hydrogens is 203 g/mol. The first-order chi connectivity index (χ1) is 7.33. The summed E-state index contributed by atoms with van der Waals surface area (Å²) in [6, 6.07) is 2.73. The molecule has 0 spiro atoms. The number of allylic oxidation sites excluding steroid dienone is 8. The summed E-state index contributed by atoms with van der Waals surface area (Å²) in [5.74, 6) is 0. The molecule has 0 saturated carbocycles. The molecule has 0 aromatic carbocycles. The molecule has 0 bridgehead atoms. The van der Waals surface area contributed by atoms with Crippen LogP contribution in [0.15, 0.2) is 46.8 Å². The van der Waals surface area contributed by atoms with Crippen molar-refractivity contribution in [2.45, 2.75) is 38.8 Å². The second-order valence-electron chi connectivity index (χ2n) is 4.44. The van der Waals surface area contributed by atoms with E-state index in [-0.39, 0.29) is 18.9 Å². The van der Waals surface area contributed by atoms with Gasteiger partial charge in [0.25, 0.3) is 0 Å². The fraction of sp³-hybridized carbons (Fsp3) is 0.429. The molecule has 80 valence electrons. The van der Waals surface area contributed by atoms with Gasteiger partial charge in [0.1, 0.15) is 8.07 Å². The van der Waals surface area contributed by atoms with Gasteiger partial charge in [-0.2, -0.15) is 0 Å². The zero-order valence-corrected chi connectivity index (χ0v) is 11.8. The zero-order valence-electron chi connectivity index (χ0n) is 10.8. The van der Waals surface area contributed by atoms with Crippen molar-refractivity contribution < 1.29 is 18.9 Å². The van der Waals surface area contributed by atoms with Gasteiger partial charge in [-0.25, -0.2) is 0 Å². The Hall–Kier alpha value is -0.226. The third-order valence-electron chi connectivity index (χ3n) is 3.98. The Morgan fingerprint density at radius 3 is 1.62 bits per heavy atom. The van der Waals surface area contributed by atoms with Gasteiger partial charge >= 0.3 is 18.9 Å². The predicted molar refractivity (Wildman–Crippen MR) is 70.4 cm³/mol. The summed E-state index contributed by atoms with van der Waals surface area (Å²) in [6.07, 6.45) is 16.3. The first-order valence-corrected chi connectivity index (χ1v) is 8.47. The molecule has 0 aromatic rings. The molecule has 0 atom stereocenters. The fourth-order valence-corrected chi connectivity index (χ4v) is 7.55. The Morgan fingerprint density at radius 1 is 0.938 bits per heavy atom. The molecule has 2 aliphatic carbocycles. The van der Waals surface area contributed by atoms with E-state index in [9.17, 15) is 0 Å². The summed E-state index contributed by atoms with van der Waals surface area (Å²) in [4.78, 5) is 0. The minimum Gasteiger partial charge on any atom is -0.0809 e. The van der Waals surface area contributed by atoms with E-state index in [1.165, 1.54) is 24.9 Å². The van der Waals surface area contributed by atoms with Gasteiger partial charge < -0.3 is 0 Å². The topological polar surface area (TPSA) is 0 Å². The Kier molecular flexibility index (Phi) is 5.11. The van der Waals surface area contributed by atoms with Gasteiger partial charge in [-0.05, 0) is 12.8 Å². The summed E-state index contributed by atoms with van der Waals surface area (Å²) < 4.78 is 0. The van der Waals surface area contributed by atoms with Crippen molar-refractivity contribution in [3.63, 3.8) is 0 Å². The van der Waals surface area contributed by atoms with Crippen molar-refractivity contribution in [3.8, 4) is 0 Å². The quantitative estimate of drug-likeness (QED) is 0.631. The monoisotopic (exact) mass is 223 g/mol. The van der Waals surface area contributed by atoms with Gasteiger partial charge in [0.2, 0.25) is 0 Å². The molecule has 0 unspecified atom stereocenters. The fourth-order valence-electron chi connectivity index (χ4n) is 2.97. The van der Waals surface area contributed by atoms with Crippen molar-refractivity contribution in [2.75, 3.05) is 0 Å². The van der Waals surface area contributed by atoms with E-state index in [0.29, 0.717) is 0 Å². The summed E-state index contributed by atoms with van der Waals surface area (Å²) in [6.45, 7) is 4.77. The van der Waals surface area contributed by atoms with E-state index >= 15 is 0 Å². The third-order valence-corrected chi connectivity index (χ3v) is 9.59. The van der Waals surface area contributed by atoms with Crippen molar-refractivity contribution in [1.82, 2.24) is 0 Å². The van der Waals surface area contributed by atoms with Crippen LogP contribution in [-0.4, -0.2) is 8.07 Å². The van der Waals surface area contributed by atoms with Gasteiger partial charge in [0.05, 0.1) is 0 Å². The van der Waals surface area contributed by atoms with E-state index in [1.807, 2.05) is 0 Å². The van der Waals surface area contributed by atoms with Gasteiger partial charge in [-0.15, -0.1) is 0 Å². The molecule has 0 aromatic heterocycles. The Bertz CT molecular complexity index is 325. The number of rotatable bonds is 4. The van der Waals surface area contributed by atoms with Gasteiger partial charge in [0.15, 0.2) is 0 Å². The van der Waals surface area contributed by atoms with Crippen LogP contribution in [0.25, 0.3) is 0 Å². The van der Waals surface area contributed by atoms with Gasteiger partial charge in [-0.1, -0.05) is 72.8 Å². The largest absolute Gasteiger partial charge is 1.00 e. The zero-order chi connectivity index (χ0) is 10.7. The predicted octanol–water partition coefficient (Wildman–Crippen LogP) is 1.33. The molecule has 0 aliphatic heterocycles. The molecule has 2 aliphatic rings. The molecule has 0 fully saturated rings. The van der Waals surface area contributed by atoms with Crippen molar-refractivity contribution in [2.24, 2.45) is 0 Å². The van der Waals surface area contributed by atoms with E-state index in [4.69, 9.17) is 0 Å². The molecule has 0 N–H and O–H groups in total. The second kappa shape index (κ2) is 5.91. The molecule has 2 rings (SSSR count). The summed E-state index contributed by atoms with van der Waals surface area (Å²) >= 11 is 0. The van der Waals surface area contributed by atoms with Gasteiger partial charge in [-0.3, -0.25) is 0 Å². The van der Waals surface area contributed by atoms with Crippen molar-refractivity contribution >= 4 is 8.07 Å². The van der Waals surface area contributed by atoms with Crippen LogP contribution in [-0.2, 0) is 0 Å². The average molecular weight is 223 g/mol. The molecule has 16 heavy (non-hydrogen) atoms. The van der Waals surface area contributed by atoms with Crippen molar-refractivity contribution in [3.05, 3.63) is 46.8 Å². The van der Waals surface area contributed by atoms with Crippen LogP contribution in [0.3, 0.4) is 0 Å². The summed E-state index contributed by atoms with van der Waals surface area (Å²) in [7, 11) is -1.28. The Labute approximate surface area is 112 Å². The summed E-state index contributed by atoms with van der Waals surface area (Å²) in [5, 5.41) is 3.50. The van der Waals surface area contributed by atoms with Gasteiger partial charge in [0, 0.05) is 0 Å². The third kappa shape index (κ3) is 2.23. The maximum absolute atomic E-state index is 2.39. The minimum absolute atomic E-state index is 0. The van der Waals surface area contributed by atoms with E-state index < -0.39 is 8.07 Å². The molecule has 0 amide bonds. The summed E-state index contributed by atoms with van der Waals surface area (Å²) in [5.41, 5.74) is 0. The standard InChI is InChI=1S/C14H20Si.Li/c1-3-15(4-2,13-9-5-6-10-13)14-11-7-8-12-14;/h5-9,11H,3-4,10,12H2,1-2H3;/q;+1. The van der Waals surface area contributed by atoms with E-state index in [2.05, 4.69) is 50.3 Å². The maximum atomic E-state index is 2.39. The number of hydrogen-bond donors (Lipinski definition) is 0. The Balaban J connectivity index is 0.00000128. The molecule has 0 radical (unpaired) electrons. The van der Waals surface area contributed by atoms with E-state index in [0.717, 1.165) is 0 Å². The van der Waals surface area contributed by atoms with Crippen LogP contribution in [0.1, 0.15) is 26.7 Å². The smallest absolute Gasteiger partial charge is 0.0809 e. The van der Waals surface area contributed by atoms with E-state index in [1.54, 1.807) is 10.4 Å². The van der Waals surface area contributed by atoms with Crippen LogP contribution in [0, 0.1) is 0 Å². The van der Waals surface area contributed by atoms with Crippen LogP contribution < -0.4 is 18.9 Å². The molecule has 0 heterocycles. The van der Waals surface area contributed by atoms with Crippen LogP contribution in [0.2, 0.25) is 12.1 Å². The second-order valence-corrected chi connectivity index (χ2v) is 9.30. The molecule has 0 nitrogen and oxygen atoms in total.